The molecule has 1 N–H and O–H groups in total. The van der Waals surface area contributed by atoms with Crippen LogP contribution in [-0.2, 0) is 13.1 Å². The van der Waals surface area contributed by atoms with E-state index in [1.54, 1.807) is 31.2 Å². The predicted octanol–water partition coefficient (Wildman–Crippen LogP) is 3.99. The SMILES string of the molecule is COc1cc(CNC(=O)c2c(C)nn(Cc3ccc(F)cc3)c2Cl)cc(OC)c1OC. The Kier molecular flexibility index (Phi) is 7.02. The van der Waals surface area contributed by atoms with Crippen molar-refractivity contribution < 1.29 is 23.4 Å². The van der Waals surface area contributed by atoms with Crippen molar-refractivity contribution in [1.82, 2.24) is 15.1 Å². The number of rotatable bonds is 8. The third-order valence-corrected chi connectivity index (χ3v) is 5.10. The van der Waals surface area contributed by atoms with Crippen LogP contribution in [0.2, 0.25) is 5.15 Å². The molecule has 0 saturated heterocycles. The summed E-state index contributed by atoms with van der Waals surface area (Å²) in [5, 5.41) is 7.41. The number of hydrogen-bond acceptors (Lipinski definition) is 5. The summed E-state index contributed by atoms with van der Waals surface area (Å²) >= 11 is 6.43. The third-order valence-electron chi connectivity index (χ3n) is 4.72. The minimum absolute atomic E-state index is 0.212. The molecule has 0 bridgehead atoms. The molecule has 1 aromatic heterocycles. The molecule has 0 radical (unpaired) electrons. The molecule has 1 amide bonds. The molecule has 0 spiro atoms. The van der Waals surface area contributed by atoms with Gasteiger partial charge in [0.05, 0.1) is 39.1 Å². The Balaban J connectivity index is 1.77. The fourth-order valence-electron chi connectivity index (χ4n) is 3.19. The fraction of sp³-hybridized carbons (Fsp3) is 0.273. The van der Waals surface area contributed by atoms with Gasteiger partial charge in [0, 0.05) is 6.54 Å². The van der Waals surface area contributed by atoms with Crippen LogP contribution in [-0.4, -0.2) is 37.0 Å². The molecule has 3 rings (SSSR count). The normalized spacial score (nSPS) is 10.6. The van der Waals surface area contributed by atoms with Gasteiger partial charge in [0.1, 0.15) is 11.0 Å². The van der Waals surface area contributed by atoms with E-state index in [0.29, 0.717) is 29.5 Å². The predicted molar refractivity (Wildman–Crippen MR) is 115 cm³/mol. The van der Waals surface area contributed by atoms with Crippen LogP contribution in [0.25, 0.3) is 0 Å². The molecule has 0 aliphatic rings. The number of hydrogen-bond donors (Lipinski definition) is 1. The minimum Gasteiger partial charge on any atom is -0.493 e. The number of benzene rings is 2. The number of methoxy groups -OCH3 is 3. The average molecular weight is 448 g/mol. The molecule has 31 heavy (non-hydrogen) atoms. The Morgan fingerprint density at radius 2 is 1.68 bits per heavy atom. The summed E-state index contributed by atoms with van der Waals surface area (Å²) in [5.74, 6) is 0.779. The molecule has 0 saturated carbocycles. The third kappa shape index (κ3) is 4.91. The molecule has 2 aromatic carbocycles. The van der Waals surface area contributed by atoms with E-state index in [0.717, 1.165) is 11.1 Å². The first-order chi connectivity index (χ1) is 14.9. The molecule has 3 aromatic rings. The van der Waals surface area contributed by atoms with Crippen molar-refractivity contribution >= 4 is 17.5 Å². The van der Waals surface area contributed by atoms with Gasteiger partial charge in [-0.05, 0) is 42.3 Å². The summed E-state index contributed by atoms with van der Waals surface area (Å²) in [6.07, 6.45) is 0. The fourth-order valence-corrected chi connectivity index (χ4v) is 3.51. The molecule has 7 nitrogen and oxygen atoms in total. The Hall–Kier alpha value is -3.26. The largest absolute Gasteiger partial charge is 0.493 e. The first-order valence-corrected chi connectivity index (χ1v) is 9.80. The van der Waals surface area contributed by atoms with Crippen molar-refractivity contribution in [1.29, 1.82) is 0 Å². The lowest BCUT2D eigenvalue weighted by atomic mass is 10.1. The molecule has 1 heterocycles. The molecular formula is C22H23ClFN3O4. The van der Waals surface area contributed by atoms with Crippen LogP contribution in [0.15, 0.2) is 36.4 Å². The number of ether oxygens (including phenoxy) is 3. The van der Waals surface area contributed by atoms with E-state index < -0.39 is 0 Å². The lowest BCUT2D eigenvalue weighted by Crippen LogP contribution is -2.23. The highest BCUT2D eigenvalue weighted by Crippen LogP contribution is 2.38. The van der Waals surface area contributed by atoms with Gasteiger partial charge in [-0.3, -0.25) is 4.79 Å². The number of amides is 1. The van der Waals surface area contributed by atoms with Gasteiger partial charge in [0.15, 0.2) is 11.5 Å². The van der Waals surface area contributed by atoms with E-state index in [2.05, 4.69) is 10.4 Å². The summed E-state index contributed by atoms with van der Waals surface area (Å²) in [7, 11) is 4.58. The lowest BCUT2D eigenvalue weighted by Gasteiger charge is -2.14. The van der Waals surface area contributed by atoms with Crippen molar-refractivity contribution in [2.45, 2.75) is 20.0 Å². The van der Waals surface area contributed by atoms with Crippen molar-refractivity contribution in [2.75, 3.05) is 21.3 Å². The molecule has 0 unspecified atom stereocenters. The van der Waals surface area contributed by atoms with Crippen LogP contribution in [0.3, 0.4) is 0 Å². The highest BCUT2D eigenvalue weighted by molar-refractivity contribution is 6.33. The zero-order valence-corrected chi connectivity index (χ0v) is 18.4. The summed E-state index contributed by atoms with van der Waals surface area (Å²) in [6, 6.07) is 9.54. The van der Waals surface area contributed by atoms with Crippen LogP contribution in [0, 0.1) is 12.7 Å². The highest BCUT2D eigenvalue weighted by Gasteiger charge is 2.21. The van der Waals surface area contributed by atoms with Crippen LogP contribution in [0.5, 0.6) is 17.2 Å². The van der Waals surface area contributed by atoms with Crippen LogP contribution < -0.4 is 19.5 Å². The number of carbonyl (C=O) groups is 1. The maximum absolute atomic E-state index is 13.1. The second kappa shape index (κ2) is 9.70. The first kappa shape index (κ1) is 22.4. The van der Waals surface area contributed by atoms with E-state index in [1.165, 1.54) is 38.1 Å². The van der Waals surface area contributed by atoms with E-state index in [1.807, 2.05) is 0 Å². The van der Waals surface area contributed by atoms with E-state index in [9.17, 15) is 9.18 Å². The highest BCUT2D eigenvalue weighted by atomic mass is 35.5. The van der Waals surface area contributed by atoms with Gasteiger partial charge in [0.25, 0.3) is 5.91 Å². The summed E-state index contributed by atoms with van der Waals surface area (Å²) in [4.78, 5) is 12.8. The van der Waals surface area contributed by atoms with Gasteiger partial charge >= 0.3 is 0 Å². The van der Waals surface area contributed by atoms with Gasteiger partial charge in [-0.2, -0.15) is 5.10 Å². The summed E-state index contributed by atoms with van der Waals surface area (Å²) in [6.45, 7) is 2.25. The zero-order valence-electron chi connectivity index (χ0n) is 17.7. The summed E-state index contributed by atoms with van der Waals surface area (Å²) in [5.41, 5.74) is 2.36. The van der Waals surface area contributed by atoms with Gasteiger partial charge in [-0.1, -0.05) is 23.7 Å². The van der Waals surface area contributed by atoms with Crippen LogP contribution in [0.4, 0.5) is 4.39 Å². The quantitative estimate of drug-likeness (QED) is 0.565. The first-order valence-electron chi connectivity index (χ1n) is 9.42. The smallest absolute Gasteiger partial charge is 0.256 e. The number of halogens is 2. The number of aryl methyl sites for hydroxylation is 1. The number of nitrogens with one attached hydrogen (secondary N) is 1. The molecule has 9 heteroatoms. The maximum atomic E-state index is 13.1. The van der Waals surface area contributed by atoms with Crippen molar-refractivity contribution in [2.24, 2.45) is 0 Å². The molecule has 164 valence electrons. The van der Waals surface area contributed by atoms with Gasteiger partial charge in [-0.15, -0.1) is 0 Å². The van der Waals surface area contributed by atoms with E-state index in [4.69, 9.17) is 25.8 Å². The Bertz CT molecular complexity index is 1060. The van der Waals surface area contributed by atoms with E-state index in [-0.39, 0.29) is 29.0 Å². The van der Waals surface area contributed by atoms with Gasteiger partial charge in [0.2, 0.25) is 5.75 Å². The topological polar surface area (TPSA) is 74.6 Å². The van der Waals surface area contributed by atoms with Crippen molar-refractivity contribution in [3.8, 4) is 17.2 Å². The monoisotopic (exact) mass is 447 g/mol. The standard InChI is InChI=1S/C22H23ClFN3O4/c1-13-19(21(23)27(26-13)12-14-5-7-16(24)8-6-14)22(28)25-11-15-9-17(29-2)20(31-4)18(10-15)30-3/h5-10H,11-12H2,1-4H3,(H,25,28). The van der Waals surface area contributed by atoms with Crippen molar-refractivity contribution in [3.05, 3.63) is 69.8 Å². The number of nitrogens with zero attached hydrogens (tertiary/aromatic N) is 2. The lowest BCUT2D eigenvalue weighted by molar-refractivity contribution is 0.0950. The minimum atomic E-state index is -0.360. The second-order valence-electron chi connectivity index (χ2n) is 6.75. The zero-order chi connectivity index (χ0) is 22.5. The Labute approximate surface area is 184 Å². The molecular weight excluding hydrogens is 425 g/mol. The van der Waals surface area contributed by atoms with Crippen molar-refractivity contribution in [3.63, 3.8) is 0 Å². The number of carbonyl (C=O) groups excluding carboxylic acids is 1. The maximum Gasteiger partial charge on any atom is 0.256 e. The molecule has 0 atom stereocenters. The Morgan fingerprint density at radius 1 is 1.06 bits per heavy atom. The summed E-state index contributed by atoms with van der Waals surface area (Å²) < 4.78 is 30.6. The molecule has 0 fully saturated rings. The van der Waals surface area contributed by atoms with Crippen LogP contribution >= 0.6 is 11.6 Å². The van der Waals surface area contributed by atoms with Gasteiger partial charge < -0.3 is 19.5 Å². The Morgan fingerprint density at radius 3 is 2.23 bits per heavy atom. The number of aromatic nitrogens is 2. The average Bonchev–Trinajstić information content (AvgIpc) is 3.05. The van der Waals surface area contributed by atoms with E-state index >= 15 is 0 Å². The molecule has 0 aliphatic carbocycles. The molecule has 0 aliphatic heterocycles. The van der Waals surface area contributed by atoms with Crippen LogP contribution in [0.1, 0.15) is 27.2 Å². The van der Waals surface area contributed by atoms with Gasteiger partial charge in [-0.25, -0.2) is 9.07 Å². The second-order valence-corrected chi connectivity index (χ2v) is 7.11.